The molecule has 0 spiro atoms. The first kappa shape index (κ1) is 88.7. The fourth-order valence-electron chi connectivity index (χ4n) is 17.3. The van der Waals surface area contributed by atoms with Crippen LogP contribution in [0.25, 0.3) is 40.4 Å². The smallest absolute Gasteiger partial charge is 0.235 e. The first-order chi connectivity index (χ1) is 52.0. The summed E-state index contributed by atoms with van der Waals surface area (Å²) in [5, 5.41) is 0. The van der Waals surface area contributed by atoms with Crippen molar-refractivity contribution in [3.05, 3.63) is 102 Å². The van der Waals surface area contributed by atoms with Crippen molar-refractivity contribution in [2.75, 3.05) is 22.9 Å². The molecule has 2 aliphatic rings. The SMILES string of the molecule is CCCCCCCCc1cc(-c2sc(-c3ccc4c(c3)N(CC(CCCCCC)CCCCCCCC)C(=O)C4C3C(=O)N(CC(CCCCCC)CCCCCCCC)c4cc(-c5cc(CCCCCCCC)c(-c6cc(CCCCCCCC)c(Br)s6)s5)ccc43)cc2CCCCCCCC)sc1Br. The average molecular weight is 1650 g/mol. The number of fused-ring (bicyclic) bond motifs is 2. The van der Waals surface area contributed by atoms with Gasteiger partial charge in [0.25, 0.3) is 0 Å². The molecule has 10 heteroatoms. The molecular weight excluding hydrogens is 1500 g/mol. The largest absolute Gasteiger partial charge is 0.311 e. The highest BCUT2D eigenvalue weighted by molar-refractivity contribution is 9.11. The summed E-state index contributed by atoms with van der Waals surface area (Å²) in [6, 6.07) is 24.4. The summed E-state index contributed by atoms with van der Waals surface area (Å²) in [4.78, 5) is 46.0. The van der Waals surface area contributed by atoms with E-state index in [9.17, 15) is 0 Å². The zero-order valence-electron chi connectivity index (χ0n) is 68.4. The van der Waals surface area contributed by atoms with Crippen LogP contribution in [0, 0.1) is 11.8 Å². The molecule has 2 aromatic carbocycles. The molecule has 4 atom stereocenters. The lowest BCUT2D eigenvalue weighted by molar-refractivity contribution is -0.125. The van der Waals surface area contributed by atoms with Crippen LogP contribution in [0.2, 0.25) is 0 Å². The third-order valence-electron chi connectivity index (χ3n) is 23.8. The highest BCUT2D eigenvalue weighted by Gasteiger charge is 2.51. The Kier molecular flexibility index (Phi) is 42.7. The number of hydrogen-bond acceptors (Lipinski definition) is 6. The van der Waals surface area contributed by atoms with Crippen molar-refractivity contribution in [2.24, 2.45) is 11.8 Å². The predicted octanol–water partition coefficient (Wildman–Crippen LogP) is 34.0. The van der Waals surface area contributed by atoms with Crippen molar-refractivity contribution in [1.29, 1.82) is 0 Å². The minimum atomic E-state index is -0.599. The Bertz CT molecular complexity index is 3200. The van der Waals surface area contributed by atoms with Gasteiger partial charge >= 0.3 is 0 Å². The third-order valence-corrected chi connectivity index (χ3v) is 30.5. The molecule has 0 radical (unpaired) electrons. The molecule has 4 unspecified atom stereocenters. The fraction of sp³-hybridized carbons (Fsp3) is 0.688. The lowest BCUT2D eigenvalue weighted by atomic mass is 9.82. The van der Waals surface area contributed by atoms with E-state index in [1.54, 1.807) is 0 Å². The minimum Gasteiger partial charge on any atom is -0.311 e. The van der Waals surface area contributed by atoms with Crippen molar-refractivity contribution >= 4 is 100 Å². The Morgan fingerprint density at radius 2 is 0.557 bits per heavy atom. The van der Waals surface area contributed by atoms with Gasteiger partial charge < -0.3 is 9.80 Å². The zero-order chi connectivity index (χ0) is 75.1. The van der Waals surface area contributed by atoms with E-state index >= 15 is 9.59 Å². The van der Waals surface area contributed by atoms with Crippen LogP contribution in [-0.2, 0) is 35.3 Å². The van der Waals surface area contributed by atoms with Crippen LogP contribution in [-0.4, -0.2) is 24.9 Å². The van der Waals surface area contributed by atoms with E-state index < -0.39 is 11.8 Å². The maximum Gasteiger partial charge on any atom is 0.235 e. The number of nitrogens with zero attached hydrogens (tertiary/aromatic N) is 2. The number of unbranched alkanes of at least 4 members (excludes halogenated alkanes) is 36. The average Bonchev–Trinajstić information content (AvgIpc) is 1.57. The highest BCUT2D eigenvalue weighted by atomic mass is 79.9. The molecule has 2 amide bonds. The first-order valence-electron chi connectivity index (χ1n) is 44.7. The molecule has 4 aromatic heterocycles. The molecule has 0 saturated carbocycles. The lowest BCUT2D eigenvalue weighted by Crippen LogP contribution is -2.39. The Balaban J connectivity index is 1.23. The van der Waals surface area contributed by atoms with Crippen molar-refractivity contribution in [2.45, 2.75) is 401 Å². The third kappa shape index (κ3) is 27.8. The monoisotopic (exact) mass is 1640 g/mol. The zero-order valence-corrected chi connectivity index (χ0v) is 74.8. The number of hydrogen-bond donors (Lipinski definition) is 0. The van der Waals surface area contributed by atoms with E-state index in [1.807, 2.05) is 45.3 Å². The van der Waals surface area contributed by atoms with E-state index in [0.717, 1.165) is 73.9 Å². The van der Waals surface area contributed by atoms with Crippen LogP contribution in [0.5, 0.6) is 0 Å². The number of thiophene rings is 4. The molecule has 2 aliphatic heterocycles. The second-order valence-corrected chi connectivity index (χ2v) is 39.6. The van der Waals surface area contributed by atoms with Gasteiger partial charge in [-0.25, -0.2) is 0 Å². The molecule has 590 valence electrons. The van der Waals surface area contributed by atoms with E-state index in [0.29, 0.717) is 24.9 Å². The number of halogens is 2. The molecule has 0 aliphatic carbocycles. The molecule has 6 heterocycles. The van der Waals surface area contributed by atoms with Crippen LogP contribution >= 0.6 is 77.2 Å². The maximum atomic E-state index is 16.6. The molecule has 106 heavy (non-hydrogen) atoms. The van der Waals surface area contributed by atoms with Gasteiger partial charge in [0.1, 0.15) is 0 Å². The van der Waals surface area contributed by atoms with E-state index in [2.05, 4.69) is 158 Å². The summed E-state index contributed by atoms with van der Waals surface area (Å²) in [7, 11) is 0. The van der Waals surface area contributed by atoms with E-state index in [-0.39, 0.29) is 11.8 Å². The summed E-state index contributed by atoms with van der Waals surface area (Å²) in [5.41, 5.74) is 12.5. The summed E-state index contributed by atoms with van der Waals surface area (Å²) in [5.74, 6) is -0.121. The van der Waals surface area contributed by atoms with Crippen LogP contribution in [0.4, 0.5) is 11.4 Å². The van der Waals surface area contributed by atoms with Crippen LogP contribution in [0.3, 0.4) is 0 Å². The van der Waals surface area contributed by atoms with E-state index in [1.165, 1.54) is 353 Å². The van der Waals surface area contributed by atoms with Crippen molar-refractivity contribution in [1.82, 2.24) is 0 Å². The number of carbonyl (C=O) groups excluding carboxylic acids is 2. The number of amides is 2. The summed E-state index contributed by atoms with van der Waals surface area (Å²) < 4.78 is 2.59. The molecule has 4 nitrogen and oxygen atoms in total. The Hall–Kier alpha value is -2.86. The van der Waals surface area contributed by atoms with Gasteiger partial charge in [0.2, 0.25) is 11.8 Å². The number of benzene rings is 2. The Morgan fingerprint density at radius 1 is 0.302 bits per heavy atom. The normalized spacial score (nSPS) is 15.0. The number of anilines is 2. The fourth-order valence-corrected chi connectivity index (χ4v) is 23.5. The van der Waals surface area contributed by atoms with Crippen molar-refractivity contribution < 1.29 is 9.59 Å². The summed E-state index contributed by atoms with van der Waals surface area (Å²) in [6.07, 6.45) is 65.1. The van der Waals surface area contributed by atoms with Gasteiger partial charge in [-0.3, -0.25) is 9.59 Å². The maximum absolute atomic E-state index is 16.6. The van der Waals surface area contributed by atoms with Crippen LogP contribution in [0.15, 0.2) is 68.2 Å². The molecule has 0 bridgehead atoms. The Labute approximate surface area is 682 Å². The van der Waals surface area contributed by atoms with Crippen molar-refractivity contribution in [3.63, 3.8) is 0 Å². The second kappa shape index (κ2) is 51.0. The topological polar surface area (TPSA) is 40.6 Å². The number of carbonyl (C=O) groups is 2. The van der Waals surface area contributed by atoms with Gasteiger partial charge in [0.15, 0.2) is 0 Å². The molecule has 0 saturated heterocycles. The van der Waals surface area contributed by atoms with Gasteiger partial charge in [0, 0.05) is 53.7 Å². The molecule has 0 N–H and O–H groups in total. The molecule has 0 fully saturated rings. The number of rotatable bonds is 61. The number of aryl methyl sites for hydroxylation is 4. The first-order valence-corrected chi connectivity index (χ1v) is 49.6. The predicted molar refractivity (Wildman–Crippen MR) is 481 cm³/mol. The summed E-state index contributed by atoms with van der Waals surface area (Å²) >= 11 is 16.0. The van der Waals surface area contributed by atoms with Crippen LogP contribution < -0.4 is 9.80 Å². The summed E-state index contributed by atoms with van der Waals surface area (Å²) in [6.45, 7) is 20.0. The van der Waals surface area contributed by atoms with Gasteiger partial charge in [-0.15, -0.1) is 45.3 Å². The van der Waals surface area contributed by atoms with Gasteiger partial charge in [-0.1, -0.05) is 336 Å². The standard InChI is InChI=1S/C96H146Br2N2O2S4/c1-9-17-25-33-39-47-55-73(53-45-31-23-15-7)71-99-83-65-75(85-67-77(57-49-41-35-27-19-11-3)91(103-85)87-69-79(93(97)105-87)59-51-43-37-29-21-13-5)61-63-81(83)89(95(99)101)90-82-64-62-76(66-84(82)100(96(90)102)72-74(54-46-32-24-16-8)56-48-40-34-26-18-10-2)86-68-78(58-50-42-36-28-20-12-4)92(104-86)88-70-80(94(98)106-88)60-52-44-38-30-22-14-6/h61-70,73-74,89-90H,9-60,71-72H2,1-8H3. The van der Waals surface area contributed by atoms with Crippen molar-refractivity contribution in [3.8, 4) is 40.4 Å². The van der Waals surface area contributed by atoms with Gasteiger partial charge in [-0.2, -0.15) is 0 Å². The molecule has 6 aromatic rings. The molecule has 8 rings (SSSR count). The van der Waals surface area contributed by atoms with E-state index in [4.69, 9.17) is 0 Å². The minimum absolute atomic E-state index is 0.143. The van der Waals surface area contributed by atoms with Gasteiger partial charge in [0.05, 0.1) is 19.4 Å². The molecular formula is C96H146Br2N2O2S4. The Morgan fingerprint density at radius 3 is 0.858 bits per heavy atom. The highest BCUT2D eigenvalue weighted by Crippen LogP contribution is 2.55. The van der Waals surface area contributed by atoms with Crippen LogP contribution in [0.1, 0.15) is 409 Å². The lowest BCUT2D eigenvalue weighted by Gasteiger charge is -2.27. The quantitative estimate of drug-likeness (QED) is 0.0357. The van der Waals surface area contributed by atoms with Gasteiger partial charge in [-0.05, 0) is 202 Å². The second-order valence-electron chi connectivity index (χ2n) is 32.8.